The second-order valence-electron chi connectivity index (χ2n) is 6.45. The number of benzene rings is 2. The highest BCUT2D eigenvalue weighted by molar-refractivity contribution is 6.00. The van der Waals surface area contributed by atoms with E-state index in [2.05, 4.69) is 15.2 Å². The molecule has 1 amide bonds. The third-order valence-corrected chi connectivity index (χ3v) is 4.77. The molecule has 2 aromatic carbocycles. The zero-order valence-corrected chi connectivity index (χ0v) is 14.5. The minimum atomic E-state index is -0.385. The van der Waals surface area contributed by atoms with Gasteiger partial charge < -0.3 is 9.64 Å². The zero-order chi connectivity index (χ0) is 17.8. The van der Waals surface area contributed by atoms with Gasteiger partial charge in [0.05, 0.1) is 5.69 Å². The lowest BCUT2D eigenvalue weighted by atomic mass is 10.1. The Morgan fingerprint density at radius 1 is 1.00 bits per heavy atom. The van der Waals surface area contributed by atoms with Crippen LogP contribution in [-0.4, -0.2) is 30.3 Å². The quantitative estimate of drug-likeness (QED) is 0.760. The summed E-state index contributed by atoms with van der Waals surface area (Å²) in [6.45, 7) is 1.74. The lowest BCUT2D eigenvalue weighted by Crippen LogP contribution is -2.38. The van der Waals surface area contributed by atoms with Crippen molar-refractivity contribution in [3.8, 4) is 0 Å². The smallest absolute Gasteiger partial charge is 0.411 e. The molecule has 0 saturated carbocycles. The van der Waals surface area contributed by atoms with Gasteiger partial charge in [0, 0.05) is 49.4 Å². The fourth-order valence-electron chi connectivity index (χ4n) is 3.41. The highest BCUT2D eigenvalue weighted by Crippen LogP contribution is 2.24. The van der Waals surface area contributed by atoms with Crippen molar-refractivity contribution in [1.29, 1.82) is 0 Å². The summed E-state index contributed by atoms with van der Waals surface area (Å²) in [4.78, 5) is 18.7. The monoisotopic (exact) mass is 347 g/mol. The molecule has 1 fully saturated rings. The van der Waals surface area contributed by atoms with E-state index in [0.29, 0.717) is 0 Å². The number of aromatic nitrogens is 1. The normalized spacial score (nSPS) is 15.0. The van der Waals surface area contributed by atoms with Crippen LogP contribution in [0.2, 0.25) is 0 Å². The van der Waals surface area contributed by atoms with E-state index in [9.17, 15) is 4.79 Å². The maximum absolute atomic E-state index is 12.3. The molecule has 132 valence electrons. The van der Waals surface area contributed by atoms with Crippen molar-refractivity contribution >= 4 is 28.2 Å². The predicted octanol–water partition coefficient (Wildman–Crippen LogP) is 4.45. The molecule has 1 N–H and O–H groups in total. The van der Waals surface area contributed by atoms with Gasteiger partial charge in [-0.15, -0.1) is 0 Å². The highest BCUT2D eigenvalue weighted by atomic mass is 16.6. The number of carbonyl (C=O) groups excluding carboxylic acids is 1. The SMILES string of the molecule is O=C(Nc1cccc2ccccc12)OC1CCN(c2ccncc2)CC1. The first-order valence-electron chi connectivity index (χ1n) is 8.90. The number of amides is 1. The molecular formula is C21H21N3O2. The van der Waals surface area contributed by atoms with Gasteiger partial charge >= 0.3 is 6.09 Å². The standard InChI is InChI=1S/C21H21N3O2/c25-21(23-20-7-3-5-16-4-1-2-6-19(16)20)26-18-10-14-24(15-11-18)17-8-12-22-13-9-17/h1-9,12-13,18H,10-11,14-15H2,(H,23,25). The Hall–Kier alpha value is -3.08. The highest BCUT2D eigenvalue weighted by Gasteiger charge is 2.22. The molecule has 1 saturated heterocycles. The molecule has 0 atom stereocenters. The molecular weight excluding hydrogens is 326 g/mol. The van der Waals surface area contributed by atoms with Gasteiger partial charge in [-0.3, -0.25) is 10.3 Å². The third-order valence-electron chi connectivity index (χ3n) is 4.77. The molecule has 1 aliphatic rings. The van der Waals surface area contributed by atoms with Gasteiger partial charge in [-0.1, -0.05) is 36.4 Å². The summed E-state index contributed by atoms with van der Waals surface area (Å²) in [5, 5.41) is 5.00. The van der Waals surface area contributed by atoms with Crippen LogP contribution >= 0.6 is 0 Å². The Balaban J connectivity index is 1.34. The first-order valence-corrected chi connectivity index (χ1v) is 8.90. The molecule has 3 aromatic rings. The lowest BCUT2D eigenvalue weighted by Gasteiger charge is -2.33. The lowest BCUT2D eigenvalue weighted by molar-refractivity contribution is 0.0951. The van der Waals surface area contributed by atoms with Crippen LogP contribution in [0.4, 0.5) is 16.2 Å². The van der Waals surface area contributed by atoms with Crippen LogP contribution in [0.1, 0.15) is 12.8 Å². The number of anilines is 2. The summed E-state index contributed by atoms with van der Waals surface area (Å²) in [6, 6.07) is 17.9. The summed E-state index contributed by atoms with van der Waals surface area (Å²) in [5.74, 6) is 0. The van der Waals surface area contributed by atoms with Gasteiger partial charge in [0.25, 0.3) is 0 Å². The predicted molar refractivity (Wildman–Crippen MR) is 104 cm³/mol. The summed E-state index contributed by atoms with van der Waals surface area (Å²) in [5.41, 5.74) is 1.95. The molecule has 1 aliphatic heterocycles. The summed E-state index contributed by atoms with van der Waals surface area (Å²) < 4.78 is 5.64. The van der Waals surface area contributed by atoms with Crippen molar-refractivity contribution in [3.63, 3.8) is 0 Å². The molecule has 5 heteroatoms. The van der Waals surface area contributed by atoms with Gasteiger partial charge in [0.15, 0.2) is 0 Å². The Bertz CT molecular complexity index is 885. The van der Waals surface area contributed by atoms with Crippen molar-refractivity contribution in [3.05, 3.63) is 67.0 Å². The molecule has 4 rings (SSSR count). The molecule has 0 radical (unpaired) electrons. The van der Waals surface area contributed by atoms with E-state index >= 15 is 0 Å². The number of nitrogens with zero attached hydrogens (tertiary/aromatic N) is 2. The van der Waals surface area contributed by atoms with Crippen LogP contribution in [-0.2, 0) is 4.74 Å². The number of nitrogens with one attached hydrogen (secondary N) is 1. The van der Waals surface area contributed by atoms with Gasteiger partial charge in [-0.05, 0) is 23.6 Å². The average molecular weight is 347 g/mol. The van der Waals surface area contributed by atoms with Gasteiger partial charge in [0.2, 0.25) is 0 Å². The molecule has 0 bridgehead atoms. The summed E-state index contributed by atoms with van der Waals surface area (Å²) >= 11 is 0. The topological polar surface area (TPSA) is 54.5 Å². The zero-order valence-electron chi connectivity index (χ0n) is 14.5. The molecule has 5 nitrogen and oxygen atoms in total. The van der Waals surface area contributed by atoms with Crippen LogP contribution in [0.25, 0.3) is 10.8 Å². The number of piperidine rings is 1. The van der Waals surface area contributed by atoms with Crippen molar-refractivity contribution in [2.75, 3.05) is 23.3 Å². The maximum atomic E-state index is 12.3. The van der Waals surface area contributed by atoms with Crippen LogP contribution in [0.5, 0.6) is 0 Å². The van der Waals surface area contributed by atoms with Crippen LogP contribution < -0.4 is 10.2 Å². The number of rotatable bonds is 3. The largest absolute Gasteiger partial charge is 0.446 e. The molecule has 0 unspecified atom stereocenters. The molecule has 0 aliphatic carbocycles. The fourth-order valence-corrected chi connectivity index (χ4v) is 3.41. The molecule has 0 spiro atoms. The van der Waals surface area contributed by atoms with E-state index in [4.69, 9.17) is 4.74 Å². The Labute approximate surface area is 152 Å². The van der Waals surface area contributed by atoms with E-state index in [-0.39, 0.29) is 12.2 Å². The second-order valence-corrected chi connectivity index (χ2v) is 6.45. The minimum Gasteiger partial charge on any atom is -0.446 e. The summed E-state index contributed by atoms with van der Waals surface area (Å²) in [6.07, 6.45) is 4.81. The van der Waals surface area contributed by atoms with Crippen LogP contribution in [0.15, 0.2) is 67.0 Å². The second kappa shape index (κ2) is 7.44. The number of ether oxygens (including phenoxy) is 1. The van der Waals surface area contributed by atoms with Crippen molar-refractivity contribution in [2.24, 2.45) is 0 Å². The van der Waals surface area contributed by atoms with Crippen LogP contribution in [0, 0.1) is 0 Å². The third kappa shape index (κ3) is 3.61. The fraction of sp³-hybridized carbons (Fsp3) is 0.238. The first kappa shape index (κ1) is 16.4. The Morgan fingerprint density at radius 3 is 2.54 bits per heavy atom. The van der Waals surface area contributed by atoms with E-state index in [0.717, 1.165) is 42.4 Å². The number of carbonyl (C=O) groups is 1. The maximum Gasteiger partial charge on any atom is 0.411 e. The summed E-state index contributed by atoms with van der Waals surface area (Å²) in [7, 11) is 0. The van der Waals surface area contributed by atoms with Gasteiger partial charge in [-0.2, -0.15) is 0 Å². The van der Waals surface area contributed by atoms with E-state index in [1.807, 2.05) is 54.6 Å². The van der Waals surface area contributed by atoms with E-state index in [1.54, 1.807) is 12.4 Å². The van der Waals surface area contributed by atoms with Crippen LogP contribution in [0.3, 0.4) is 0 Å². The first-order chi connectivity index (χ1) is 12.8. The van der Waals surface area contributed by atoms with Crippen molar-refractivity contribution in [1.82, 2.24) is 4.98 Å². The Kier molecular flexibility index (Phi) is 4.69. The van der Waals surface area contributed by atoms with E-state index < -0.39 is 0 Å². The number of hydrogen-bond acceptors (Lipinski definition) is 4. The van der Waals surface area contributed by atoms with E-state index in [1.165, 1.54) is 5.69 Å². The van der Waals surface area contributed by atoms with Gasteiger partial charge in [0.1, 0.15) is 6.10 Å². The average Bonchev–Trinajstić information content (AvgIpc) is 2.69. The van der Waals surface area contributed by atoms with Crippen molar-refractivity contribution < 1.29 is 9.53 Å². The number of hydrogen-bond donors (Lipinski definition) is 1. The number of pyridine rings is 1. The number of fused-ring (bicyclic) bond motifs is 1. The van der Waals surface area contributed by atoms with Gasteiger partial charge in [-0.25, -0.2) is 4.79 Å². The molecule has 26 heavy (non-hydrogen) atoms. The molecule has 2 heterocycles. The van der Waals surface area contributed by atoms with Crippen molar-refractivity contribution in [2.45, 2.75) is 18.9 Å². The Morgan fingerprint density at radius 2 is 1.73 bits per heavy atom. The molecule has 1 aromatic heterocycles. The minimum absolute atomic E-state index is 0.0527.